The van der Waals surface area contributed by atoms with Crippen molar-refractivity contribution in [2.24, 2.45) is 5.41 Å². The van der Waals surface area contributed by atoms with Crippen LogP contribution in [-0.2, 0) is 0 Å². The number of hydrogen-bond donors (Lipinski definition) is 0. The van der Waals surface area contributed by atoms with E-state index in [1.54, 1.807) is 19.5 Å². The quantitative estimate of drug-likeness (QED) is 0.591. The number of pyridine rings is 2. The van der Waals surface area contributed by atoms with Crippen molar-refractivity contribution in [2.45, 2.75) is 26.7 Å². The fourth-order valence-electron chi connectivity index (χ4n) is 3.33. The van der Waals surface area contributed by atoms with Crippen LogP contribution in [0, 0.1) is 5.41 Å². The third-order valence-electron chi connectivity index (χ3n) is 4.63. The molecule has 4 nitrogen and oxygen atoms in total. The van der Waals surface area contributed by atoms with E-state index in [4.69, 9.17) is 4.74 Å². The Morgan fingerprint density at radius 3 is 2.26 bits per heavy atom. The van der Waals surface area contributed by atoms with Gasteiger partial charge in [-0.25, -0.2) is 0 Å². The topological polar surface area (TPSA) is 52.1 Å². The fourth-order valence-corrected chi connectivity index (χ4v) is 3.33. The molecule has 2 heterocycles. The van der Waals surface area contributed by atoms with Gasteiger partial charge in [-0.2, -0.15) is 0 Å². The molecular weight excluding hydrogens is 336 g/mol. The SMILES string of the molecule is COc1cncc(-c2ccc(C(c3ccc(C=O)cn3)C(C)(C)C)cc2)c1. The van der Waals surface area contributed by atoms with E-state index in [2.05, 4.69) is 55.0 Å². The van der Waals surface area contributed by atoms with Crippen molar-refractivity contribution in [2.75, 3.05) is 7.11 Å². The molecule has 1 unspecified atom stereocenters. The van der Waals surface area contributed by atoms with E-state index in [1.165, 1.54) is 5.56 Å². The van der Waals surface area contributed by atoms with Crippen LogP contribution in [0.3, 0.4) is 0 Å². The van der Waals surface area contributed by atoms with Crippen molar-refractivity contribution in [3.05, 3.63) is 77.9 Å². The number of nitrogens with zero attached hydrogens (tertiary/aromatic N) is 2. The first-order chi connectivity index (χ1) is 12.9. The summed E-state index contributed by atoms with van der Waals surface area (Å²) >= 11 is 0. The zero-order valence-corrected chi connectivity index (χ0v) is 16.1. The van der Waals surface area contributed by atoms with Crippen LogP contribution in [-0.4, -0.2) is 23.4 Å². The highest BCUT2D eigenvalue weighted by Crippen LogP contribution is 2.40. The second-order valence-corrected chi connectivity index (χ2v) is 7.67. The third kappa shape index (κ3) is 4.22. The molecule has 0 aliphatic rings. The van der Waals surface area contributed by atoms with Crippen LogP contribution in [0.5, 0.6) is 5.75 Å². The molecule has 0 spiro atoms. The lowest BCUT2D eigenvalue weighted by atomic mass is 9.74. The number of benzene rings is 1. The summed E-state index contributed by atoms with van der Waals surface area (Å²) in [6.45, 7) is 6.60. The van der Waals surface area contributed by atoms with Crippen molar-refractivity contribution in [3.63, 3.8) is 0 Å². The number of methoxy groups -OCH3 is 1. The van der Waals surface area contributed by atoms with Gasteiger partial charge in [0.15, 0.2) is 6.29 Å². The molecular formula is C23H24N2O2. The summed E-state index contributed by atoms with van der Waals surface area (Å²) in [6, 6.07) is 14.2. The molecule has 2 aromatic heterocycles. The number of carbonyl (C=O) groups is 1. The van der Waals surface area contributed by atoms with E-state index in [0.717, 1.165) is 28.9 Å². The zero-order chi connectivity index (χ0) is 19.4. The number of aldehydes is 1. The molecule has 1 aromatic carbocycles. The molecule has 3 rings (SSSR count). The van der Waals surface area contributed by atoms with Gasteiger partial charge < -0.3 is 4.74 Å². The van der Waals surface area contributed by atoms with Gasteiger partial charge in [0.1, 0.15) is 5.75 Å². The van der Waals surface area contributed by atoms with E-state index < -0.39 is 0 Å². The first kappa shape index (κ1) is 18.8. The molecule has 0 saturated heterocycles. The summed E-state index contributed by atoms with van der Waals surface area (Å²) in [4.78, 5) is 19.7. The van der Waals surface area contributed by atoms with Crippen LogP contribution in [0.15, 0.2) is 61.1 Å². The molecule has 0 aliphatic carbocycles. The smallest absolute Gasteiger partial charge is 0.151 e. The molecule has 0 fully saturated rings. The van der Waals surface area contributed by atoms with Gasteiger partial charge in [0.05, 0.1) is 13.3 Å². The maximum Gasteiger partial charge on any atom is 0.151 e. The summed E-state index contributed by atoms with van der Waals surface area (Å²) in [5.41, 5.74) is 4.82. The number of ether oxygens (including phenoxy) is 1. The monoisotopic (exact) mass is 360 g/mol. The molecule has 0 aliphatic heterocycles. The van der Waals surface area contributed by atoms with Gasteiger partial charge in [0, 0.05) is 35.1 Å². The summed E-state index contributed by atoms with van der Waals surface area (Å²) < 4.78 is 5.26. The molecule has 1 atom stereocenters. The van der Waals surface area contributed by atoms with Crippen molar-refractivity contribution in [1.82, 2.24) is 9.97 Å². The van der Waals surface area contributed by atoms with E-state index in [0.29, 0.717) is 5.56 Å². The average Bonchev–Trinajstić information content (AvgIpc) is 2.68. The second kappa shape index (κ2) is 7.70. The van der Waals surface area contributed by atoms with Crippen molar-refractivity contribution < 1.29 is 9.53 Å². The van der Waals surface area contributed by atoms with Crippen LogP contribution >= 0.6 is 0 Å². The molecule has 0 amide bonds. The number of aromatic nitrogens is 2. The van der Waals surface area contributed by atoms with Crippen molar-refractivity contribution in [3.8, 4) is 16.9 Å². The number of hydrogen-bond acceptors (Lipinski definition) is 4. The predicted octanol–water partition coefficient (Wildman–Crippen LogP) is 5.14. The van der Waals surface area contributed by atoms with Crippen LogP contribution in [0.4, 0.5) is 0 Å². The highest BCUT2D eigenvalue weighted by atomic mass is 16.5. The first-order valence-corrected chi connectivity index (χ1v) is 8.93. The van der Waals surface area contributed by atoms with Crippen molar-refractivity contribution in [1.29, 1.82) is 0 Å². The summed E-state index contributed by atoms with van der Waals surface area (Å²) in [7, 11) is 1.64. The molecule has 0 N–H and O–H groups in total. The lowest BCUT2D eigenvalue weighted by molar-refractivity contribution is 0.112. The van der Waals surface area contributed by atoms with Gasteiger partial charge in [-0.05, 0) is 34.7 Å². The minimum absolute atomic E-state index is 0.0191. The molecule has 0 bridgehead atoms. The molecule has 3 aromatic rings. The normalized spacial score (nSPS) is 12.4. The molecule has 0 saturated carbocycles. The standard InChI is InChI=1S/C23H24N2O2/c1-23(2,3)22(21-10-5-16(15-26)12-25-21)18-8-6-17(7-9-18)19-11-20(27-4)14-24-13-19/h5-15,22H,1-4H3. The highest BCUT2D eigenvalue weighted by molar-refractivity contribution is 5.74. The predicted molar refractivity (Wildman–Crippen MR) is 107 cm³/mol. The van der Waals surface area contributed by atoms with Gasteiger partial charge in [0.2, 0.25) is 0 Å². The summed E-state index contributed by atoms with van der Waals surface area (Å²) in [6.07, 6.45) is 5.98. The van der Waals surface area contributed by atoms with E-state index >= 15 is 0 Å². The van der Waals surface area contributed by atoms with Crippen LogP contribution in [0.25, 0.3) is 11.1 Å². The van der Waals surface area contributed by atoms with Crippen molar-refractivity contribution >= 4 is 6.29 Å². The minimum Gasteiger partial charge on any atom is -0.495 e. The minimum atomic E-state index is -0.0191. The Hall–Kier alpha value is -3.01. The molecule has 0 radical (unpaired) electrons. The summed E-state index contributed by atoms with van der Waals surface area (Å²) in [5.74, 6) is 0.860. The lowest BCUT2D eigenvalue weighted by Crippen LogP contribution is -2.20. The van der Waals surface area contributed by atoms with Gasteiger partial charge in [-0.15, -0.1) is 0 Å². The van der Waals surface area contributed by atoms with Gasteiger partial charge in [-0.1, -0.05) is 45.0 Å². The van der Waals surface area contributed by atoms with E-state index in [1.807, 2.05) is 24.4 Å². The Morgan fingerprint density at radius 1 is 0.963 bits per heavy atom. The van der Waals surface area contributed by atoms with E-state index in [9.17, 15) is 4.79 Å². The lowest BCUT2D eigenvalue weighted by Gasteiger charge is -2.31. The van der Waals surface area contributed by atoms with Gasteiger partial charge >= 0.3 is 0 Å². The molecule has 27 heavy (non-hydrogen) atoms. The summed E-state index contributed by atoms with van der Waals surface area (Å²) in [5, 5.41) is 0. The van der Waals surface area contributed by atoms with Crippen LogP contribution in [0.2, 0.25) is 0 Å². The maximum atomic E-state index is 10.9. The molecule has 138 valence electrons. The average molecular weight is 360 g/mol. The Kier molecular flexibility index (Phi) is 5.36. The number of carbonyl (C=O) groups excluding carboxylic acids is 1. The van der Waals surface area contributed by atoms with Crippen LogP contribution < -0.4 is 4.74 Å². The fraction of sp³-hybridized carbons (Fsp3) is 0.261. The second-order valence-electron chi connectivity index (χ2n) is 7.67. The van der Waals surface area contributed by atoms with Crippen LogP contribution in [0.1, 0.15) is 48.3 Å². The van der Waals surface area contributed by atoms with Gasteiger partial charge in [-0.3, -0.25) is 14.8 Å². The Bertz CT molecular complexity index is 910. The van der Waals surface area contributed by atoms with E-state index in [-0.39, 0.29) is 11.3 Å². The largest absolute Gasteiger partial charge is 0.495 e. The Balaban J connectivity index is 1.96. The Morgan fingerprint density at radius 2 is 1.70 bits per heavy atom. The van der Waals surface area contributed by atoms with Gasteiger partial charge in [0.25, 0.3) is 0 Å². The first-order valence-electron chi connectivity index (χ1n) is 8.93. The highest BCUT2D eigenvalue weighted by Gasteiger charge is 2.29. The zero-order valence-electron chi connectivity index (χ0n) is 16.1. The Labute approximate surface area is 160 Å². The number of rotatable bonds is 5. The molecule has 4 heteroatoms. The maximum absolute atomic E-state index is 10.9. The third-order valence-corrected chi connectivity index (χ3v) is 4.63.